The van der Waals surface area contributed by atoms with Crippen LogP contribution in [0.1, 0.15) is 0 Å². The Balaban J connectivity index is 1.26. The second kappa shape index (κ2) is 11.4. The van der Waals surface area contributed by atoms with Crippen LogP contribution in [0.3, 0.4) is 0 Å². The molecule has 4 aromatic heterocycles. The highest BCUT2D eigenvalue weighted by atomic mass is 15.1. The fourth-order valence-electron chi connectivity index (χ4n) is 7.03. The first-order valence-corrected chi connectivity index (χ1v) is 16.6. The molecule has 0 amide bonds. The molecule has 4 heterocycles. The van der Waals surface area contributed by atoms with Crippen molar-refractivity contribution in [3.05, 3.63) is 170 Å². The molecule has 0 N–H and O–H groups in total. The normalized spacial score (nSPS) is 11.6. The molecule has 0 spiro atoms. The quantitative estimate of drug-likeness (QED) is 0.176. The summed E-state index contributed by atoms with van der Waals surface area (Å²) < 4.78 is 4.29. The van der Waals surface area contributed by atoms with Gasteiger partial charge in [-0.25, -0.2) is 19.9 Å². The van der Waals surface area contributed by atoms with Gasteiger partial charge in [0.15, 0.2) is 11.3 Å². The van der Waals surface area contributed by atoms with E-state index in [4.69, 9.17) is 19.9 Å². The van der Waals surface area contributed by atoms with Crippen molar-refractivity contribution in [1.82, 2.24) is 29.1 Å². The zero-order chi connectivity index (χ0) is 33.0. The molecule has 6 aromatic carbocycles. The molecule has 0 unspecified atom stereocenters. The summed E-state index contributed by atoms with van der Waals surface area (Å²) >= 11 is 0. The third-order valence-corrected chi connectivity index (χ3v) is 9.35. The van der Waals surface area contributed by atoms with Gasteiger partial charge in [0.2, 0.25) is 0 Å². The van der Waals surface area contributed by atoms with Crippen LogP contribution < -0.4 is 0 Å². The molecule has 10 rings (SSSR count). The Labute approximate surface area is 287 Å². The van der Waals surface area contributed by atoms with Crippen molar-refractivity contribution in [3.8, 4) is 45.3 Å². The third kappa shape index (κ3) is 4.65. The van der Waals surface area contributed by atoms with Gasteiger partial charge in [-0.1, -0.05) is 72.8 Å². The summed E-state index contributed by atoms with van der Waals surface area (Å²) in [5, 5.41) is 4.85. The lowest BCUT2D eigenvalue weighted by Gasteiger charge is -2.14. The van der Waals surface area contributed by atoms with Crippen molar-refractivity contribution in [3.63, 3.8) is 0 Å². The van der Waals surface area contributed by atoms with Crippen molar-refractivity contribution >= 4 is 43.9 Å². The van der Waals surface area contributed by atoms with Gasteiger partial charge in [0.05, 0.1) is 0 Å². The highest BCUT2D eigenvalue weighted by Gasteiger charge is 2.21. The van der Waals surface area contributed by atoms with Gasteiger partial charge in [-0.05, 0) is 118 Å². The maximum absolute atomic E-state index is 5.20. The van der Waals surface area contributed by atoms with Crippen molar-refractivity contribution in [2.75, 3.05) is 0 Å². The van der Waals surface area contributed by atoms with Crippen LogP contribution in [0.15, 0.2) is 170 Å². The number of imidazole rings is 2. The van der Waals surface area contributed by atoms with Gasteiger partial charge < -0.3 is 0 Å². The lowest BCUT2D eigenvalue weighted by Crippen LogP contribution is -2.01. The van der Waals surface area contributed by atoms with E-state index in [-0.39, 0.29) is 0 Å². The van der Waals surface area contributed by atoms with E-state index >= 15 is 0 Å². The number of benzene rings is 6. The van der Waals surface area contributed by atoms with E-state index in [2.05, 4.69) is 106 Å². The summed E-state index contributed by atoms with van der Waals surface area (Å²) in [4.78, 5) is 20.0. The van der Waals surface area contributed by atoms with Gasteiger partial charge in [0.1, 0.15) is 22.7 Å². The predicted octanol–water partition coefficient (Wildman–Crippen LogP) is 10.5. The second-order valence-corrected chi connectivity index (χ2v) is 12.5. The van der Waals surface area contributed by atoms with Crippen molar-refractivity contribution in [2.24, 2.45) is 0 Å². The molecule has 6 heteroatoms. The molecular weight excluding hydrogens is 613 g/mol. The molecule has 0 bridgehead atoms. The Morgan fingerprint density at radius 3 is 1.38 bits per heavy atom. The van der Waals surface area contributed by atoms with Gasteiger partial charge in [0.25, 0.3) is 0 Å². The van der Waals surface area contributed by atoms with E-state index in [1.165, 1.54) is 21.5 Å². The highest BCUT2D eigenvalue weighted by molar-refractivity contribution is 6.00. The molecule has 0 aliphatic rings. The largest absolute Gasteiger partial charge is 0.277 e. The number of hydrogen-bond acceptors (Lipinski definition) is 4. The van der Waals surface area contributed by atoms with Crippen molar-refractivity contribution in [1.29, 1.82) is 0 Å². The summed E-state index contributed by atoms with van der Waals surface area (Å²) in [6.45, 7) is 0. The highest BCUT2D eigenvalue weighted by Crippen LogP contribution is 2.37. The number of fused-ring (bicyclic) bond motifs is 4. The van der Waals surface area contributed by atoms with E-state index < -0.39 is 0 Å². The fraction of sp³-hybridized carbons (Fsp3) is 0. The average Bonchev–Trinajstić information content (AvgIpc) is 3.77. The second-order valence-electron chi connectivity index (χ2n) is 12.5. The Hall–Kier alpha value is -6.92. The molecule has 6 nitrogen and oxygen atoms in total. The summed E-state index contributed by atoms with van der Waals surface area (Å²) in [5.74, 6) is 1.61. The van der Waals surface area contributed by atoms with Crippen LogP contribution in [-0.4, -0.2) is 29.1 Å². The first-order valence-electron chi connectivity index (χ1n) is 16.6. The zero-order valence-electron chi connectivity index (χ0n) is 26.8. The van der Waals surface area contributed by atoms with Gasteiger partial charge >= 0.3 is 0 Å². The Bertz CT molecular complexity index is 2730. The topological polar surface area (TPSA) is 61.4 Å². The minimum absolute atomic E-state index is 0.805. The number of hydrogen-bond donors (Lipinski definition) is 0. The molecule has 0 radical (unpaired) electrons. The lowest BCUT2D eigenvalue weighted by atomic mass is 9.95. The molecular formula is C44H28N6. The maximum atomic E-state index is 5.20. The van der Waals surface area contributed by atoms with Crippen LogP contribution in [0.4, 0.5) is 0 Å². The minimum atomic E-state index is 0.805. The summed E-state index contributed by atoms with van der Waals surface area (Å²) in [7, 11) is 0. The first-order chi connectivity index (χ1) is 24.8. The summed E-state index contributed by atoms with van der Waals surface area (Å²) in [5.41, 5.74) is 9.34. The van der Waals surface area contributed by atoms with Crippen LogP contribution in [0.5, 0.6) is 0 Å². The summed E-state index contributed by atoms with van der Waals surface area (Å²) in [6, 6.07) is 55.0. The van der Waals surface area contributed by atoms with E-state index in [1.54, 1.807) is 0 Å². The molecule has 50 heavy (non-hydrogen) atoms. The minimum Gasteiger partial charge on any atom is -0.277 e. The molecule has 0 atom stereocenters. The van der Waals surface area contributed by atoms with Gasteiger partial charge in [-0.2, -0.15) is 0 Å². The Morgan fingerprint density at radius 1 is 0.340 bits per heavy atom. The Morgan fingerprint density at radius 2 is 0.820 bits per heavy atom. The fourth-order valence-corrected chi connectivity index (χ4v) is 7.03. The number of para-hydroxylation sites is 2. The van der Waals surface area contributed by atoms with E-state index in [0.29, 0.717) is 0 Å². The van der Waals surface area contributed by atoms with Crippen LogP contribution in [0.25, 0.3) is 89.2 Å². The van der Waals surface area contributed by atoms with Gasteiger partial charge in [-0.3, -0.25) is 9.13 Å². The van der Waals surface area contributed by atoms with E-state index in [1.807, 2.05) is 73.1 Å². The molecule has 0 aliphatic carbocycles. The van der Waals surface area contributed by atoms with Crippen LogP contribution in [0.2, 0.25) is 0 Å². The molecule has 0 aliphatic heterocycles. The predicted molar refractivity (Wildman–Crippen MR) is 203 cm³/mol. The number of aromatic nitrogens is 6. The molecule has 0 saturated carbocycles. The van der Waals surface area contributed by atoms with E-state index in [0.717, 1.165) is 67.6 Å². The lowest BCUT2D eigenvalue weighted by molar-refractivity contribution is 1.07. The first kappa shape index (κ1) is 28.1. The Kier molecular flexibility index (Phi) is 6.39. The van der Waals surface area contributed by atoms with Gasteiger partial charge in [-0.15, -0.1) is 0 Å². The van der Waals surface area contributed by atoms with Gasteiger partial charge in [0, 0.05) is 34.9 Å². The van der Waals surface area contributed by atoms with Crippen molar-refractivity contribution < 1.29 is 0 Å². The number of pyridine rings is 2. The maximum Gasteiger partial charge on any atom is 0.164 e. The number of nitrogens with zero attached hydrogens (tertiary/aromatic N) is 6. The van der Waals surface area contributed by atoms with Crippen molar-refractivity contribution in [2.45, 2.75) is 0 Å². The molecule has 0 saturated heterocycles. The third-order valence-electron chi connectivity index (χ3n) is 9.35. The van der Waals surface area contributed by atoms with Crippen LogP contribution in [0, 0.1) is 0 Å². The molecule has 10 aromatic rings. The standard InChI is InChI=1S/C44H28N6/c1-3-13-37(14-4-1)49-41(47-39-17-9-21-45-43(39)49)35-26-34(32-20-19-31-23-29-11-7-8-12-30(29)24-33(31)25-32)27-36(28-35)42-48-40-18-10-22-46-44(40)50(42)38-15-5-2-6-16-38/h1-28H. The molecule has 0 fully saturated rings. The van der Waals surface area contributed by atoms with Crippen LogP contribution in [-0.2, 0) is 0 Å². The van der Waals surface area contributed by atoms with Crippen LogP contribution >= 0.6 is 0 Å². The van der Waals surface area contributed by atoms with E-state index in [9.17, 15) is 0 Å². The average molecular weight is 641 g/mol. The zero-order valence-corrected chi connectivity index (χ0v) is 26.8. The number of rotatable bonds is 5. The SMILES string of the molecule is c1ccc(-n2c(-c3cc(-c4ccc5cc6ccccc6cc5c4)cc(-c4nc5cccnc5n4-c4ccccc4)c3)nc3cccnc32)cc1. The smallest absolute Gasteiger partial charge is 0.164 e. The monoisotopic (exact) mass is 640 g/mol. The summed E-state index contributed by atoms with van der Waals surface area (Å²) in [6.07, 6.45) is 3.65. The molecule has 234 valence electrons.